The quantitative estimate of drug-likeness (QED) is 0.798. The summed E-state index contributed by atoms with van der Waals surface area (Å²) in [6.45, 7) is 0. The monoisotopic (exact) mass is 297 g/mol. The minimum atomic E-state index is -0.397. The zero-order valence-electron chi connectivity index (χ0n) is 8.44. The van der Waals surface area contributed by atoms with Gasteiger partial charge in [0.05, 0.1) is 12.8 Å². The predicted octanol–water partition coefficient (Wildman–Crippen LogP) is 3.36. The molecule has 2 rings (SSSR count). The van der Waals surface area contributed by atoms with Crippen LogP contribution in [0.5, 0.6) is 0 Å². The van der Waals surface area contributed by atoms with Gasteiger partial charge in [-0.15, -0.1) is 11.3 Å². The third-order valence-corrected chi connectivity index (χ3v) is 3.30. The second kappa shape index (κ2) is 4.76. The number of hydrogen-bond acceptors (Lipinski definition) is 4. The maximum absolute atomic E-state index is 11.2. The van der Waals surface area contributed by atoms with Gasteiger partial charge < -0.3 is 4.74 Å². The van der Waals surface area contributed by atoms with E-state index in [1.807, 2.05) is 29.6 Å². The third kappa shape index (κ3) is 2.31. The highest BCUT2D eigenvalue weighted by Crippen LogP contribution is 2.24. The SMILES string of the molecule is COC(=O)c1nc(-c2cccc(Br)c2)cs1. The molecule has 16 heavy (non-hydrogen) atoms. The minimum absolute atomic E-state index is 0.373. The number of methoxy groups -OCH3 is 1. The molecule has 0 aliphatic rings. The maximum atomic E-state index is 11.2. The second-order valence-corrected chi connectivity index (χ2v) is 4.81. The number of esters is 1. The molecule has 0 bridgehead atoms. The summed E-state index contributed by atoms with van der Waals surface area (Å²) in [6.07, 6.45) is 0. The fraction of sp³-hybridized carbons (Fsp3) is 0.0909. The van der Waals surface area contributed by atoms with Crippen molar-refractivity contribution in [1.29, 1.82) is 0 Å². The number of carbonyl (C=O) groups is 1. The molecule has 0 aliphatic heterocycles. The highest BCUT2D eigenvalue weighted by Gasteiger charge is 2.11. The molecule has 3 nitrogen and oxygen atoms in total. The van der Waals surface area contributed by atoms with E-state index in [0.29, 0.717) is 5.01 Å². The van der Waals surface area contributed by atoms with Crippen LogP contribution in [-0.2, 0) is 4.74 Å². The normalized spacial score (nSPS) is 10.1. The van der Waals surface area contributed by atoms with E-state index in [-0.39, 0.29) is 0 Å². The highest BCUT2D eigenvalue weighted by atomic mass is 79.9. The molecule has 1 heterocycles. The van der Waals surface area contributed by atoms with Crippen molar-refractivity contribution in [3.8, 4) is 11.3 Å². The zero-order valence-corrected chi connectivity index (χ0v) is 10.8. The third-order valence-electron chi connectivity index (χ3n) is 1.98. The number of ether oxygens (including phenoxy) is 1. The lowest BCUT2D eigenvalue weighted by molar-refractivity contribution is 0.0600. The molecule has 0 amide bonds. The molecule has 0 saturated heterocycles. The molecule has 0 saturated carbocycles. The van der Waals surface area contributed by atoms with Gasteiger partial charge in [0.1, 0.15) is 0 Å². The van der Waals surface area contributed by atoms with E-state index < -0.39 is 5.97 Å². The fourth-order valence-electron chi connectivity index (χ4n) is 1.24. The first-order valence-electron chi connectivity index (χ1n) is 4.50. The van der Waals surface area contributed by atoms with Crippen LogP contribution in [0.4, 0.5) is 0 Å². The molecule has 1 aromatic heterocycles. The van der Waals surface area contributed by atoms with Crippen LogP contribution in [0.3, 0.4) is 0 Å². The maximum Gasteiger partial charge on any atom is 0.367 e. The van der Waals surface area contributed by atoms with E-state index >= 15 is 0 Å². The summed E-state index contributed by atoms with van der Waals surface area (Å²) in [5.41, 5.74) is 1.76. The van der Waals surface area contributed by atoms with E-state index in [1.165, 1.54) is 18.4 Å². The van der Waals surface area contributed by atoms with Gasteiger partial charge in [-0.3, -0.25) is 0 Å². The van der Waals surface area contributed by atoms with Crippen LogP contribution >= 0.6 is 27.3 Å². The second-order valence-electron chi connectivity index (χ2n) is 3.04. The Morgan fingerprint density at radius 2 is 2.31 bits per heavy atom. The van der Waals surface area contributed by atoms with Gasteiger partial charge in [-0.1, -0.05) is 28.1 Å². The molecule has 0 N–H and O–H groups in total. The Balaban J connectivity index is 2.35. The van der Waals surface area contributed by atoms with Crippen LogP contribution < -0.4 is 0 Å². The van der Waals surface area contributed by atoms with Crippen LogP contribution in [0.2, 0.25) is 0 Å². The van der Waals surface area contributed by atoms with Crippen molar-refractivity contribution in [3.05, 3.63) is 39.1 Å². The topological polar surface area (TPSA) is 39.2 Å². The van der Waals surface area contributed by atoms with Gasteiger partial charge in [-0.05, 0) is 12.1 Å². The molecule has 82 valence electrons. The zero-order chi connectivity index (χ0) is 11.5. The smallest absolute Gasteiger partial charge is 0.367 e. The lowest BCUT2D eigenvalue weighted by atomic mass is 10.2. The van der Waals surface area contributed by atoms with Gasteiger partial charge in [0.15, 0.2) is 0 Å². The Bertz CT molecular complexity index is 524. The predicted molar refractivity (Wildman–Crippen MR) is 66.6 cm³/mol. The van der Waals surface area contributed by atoms with Gasteiger partial charge in [0.2, 0.25) is 5.01 Å². The number of carbonyl (C=O) groups excluding carboxylic acids is 1. The standard InChI is InChI=1S/C11H8BrNO2S/c1-15-11(14)10-13-9(6-16-10)7-3-2-4-8(12)5-7/h2-6H,1H3. The van der Waals surface area contributed by atoms with Gasteiger partial charge in [0.25, 0.3) is 0 Å². The highest BCUT2D eigenvalue weighted by molar-refractivity contribution is 9.10. The molecule has 0 aliphatic carbocycles. The van der Waals surface area contributed by atoms with E-state index in [2.05, 4.69) is 25.7 Å². The molecular formula is C11H8BrNO2S. The van der Waals surface area contributed by atoms with Crippen LogP contribution in [0.15, 0.2) is 34.1 Å². The Morgan fingerprint density at radius 3 is 3.00 bits per heavy atom. The summed E-state index contributed by atoms with van der Waals surface area (Å²) in [5, 5.41) is 2.21. The summed E-state index contributed by atoms with van der Waals surface area (Å²) in [6, 6.07) is 7.77. The first-order valence-corrected chi connectivity index (χ1v) is 6.18. The lowest BCUT2D eigenvalue weighted by Crippen LogP contribution is -1.99. The first-order chi connectivity index (χ1) is 7.70. The summed E-state index contributed by atoms with van der Waals surface area (Å²) >= 11 is 4.67. The molecule has 0 unspecified atom stereocenters. The van der Waals surface area contributed by atoms with Gasteiger partial charge >= 0.3 is 5.97 Å². The number of hydrogen-bond donors (Lipinski definition) is 0. The summed E-state index contributed by atoms with van der Waals surface area (Å²) in [4.78, 5) is 15.5. The average Bonchev–Trinajstić information content (AvgIpc) is 2.77. The minimum Gasteiger partial charge on any atom is -0.464 e. The molecule has 0 fully saturated rings. The fourth-order valence-corrected chi connectivity index (χ4v) is 2.38. The van der Waals surface area contributed by atoms with Crippen molar-refractivity contribution in [2.75, 3.05) is 7.11 Å². The number of benzene rings is 1. The van der Waals surface area contributed by atoms with Crippen LogP contribution in [-0.4, -0.2) is 18.1 Å². The van der Waals surface area contributed by atoms with E-state index in [4.69, 9.17) is 0 Å². The molecule has 1 aromatic carbocycles. The number of thiazole rings is 1. The van der Waals surface area contributed by atoms with Gasteiger partial charge in [-0.2, -0.15) is 0 Å². The number of rotatable bonds is 2. The largest absolute Gasteiger partial charge is 0.464 e. The van der Waals surface area contributed by atoms with E-state index in [9.17, 15) is 4.79 Å². The molecule has 5 heteroatoms. The summed E-state index contributed by atoms with van der Waals surface area (Å²) in [5.74, 6) is -0.397. The van der Waals surface area contributed by atoms with E-state index in [0.717, 1.165) is 15.7 Å². The molecule has 2 aromatic rings. The van der Waals surface area contributed by atoms with Gasteiger partial charge in [-0.25, -0.2) is 9.78 Å². The van der Waals surface area contributed by atoms with Crippen molar-refractivity contribution in [2.24, 2.45) is 0 Å². The lowest BCUT2D eigenvalue weighted by Gasteiger charge is -1.96. The van der Waals surface area contributed by atoms with Crippen molar-refractivity contribution in [3.63, 3.8) is 0 Å². The van der Waals surface area contributed by atoms with Gasteiger partial charge in [0, 0.05) is 15.4 Å². The Morgan fingerprint density at radius 1 is 1.50 bits per heavy atom. The molecule has 0 spiro atoms. The van der Waals surface area contributed by atoms with Crippen molar-refractivity contribution in [1.82, 2.24) is 4.98 Å². The van der Waals surface area contributed by atoms with E-state index in [1.54, 1.807) is 0 Å². The van der Waals surface area contributed by atoms with Crippen molar-refractivity contribution in [2.45, 2.75) is 0 Å². The Kier molecular flexibility index (Phi) is 3.36. The average molecular weight is 298 g/mol. The summed E-state index contributed by atoms with van der Waals surface area (Å²) in [7, 11) is 1.35. The number of aromatic nitrogens is 1. The Hall–Kier alpha value is -1.20. The van der Waals surface area contributed by atoms with Crippen molar-refractivity contribution >= 4 is 33.2 Å². The first kappa shape index (κ1) is 11.3. The Labute approximate surface area is 105 Å². The van der Waals surface area contributed by atoms with Crippen LogP contribution in [0, 0.1) is 0 Å². The van der Waals surface area contributed by atoms with Crippen LogP contribution in [0.1, 0.15) is 9.80 Å². The molecule has 0 radical (unpaired) electrons. The number of nitrogens with zero attached hydrogens (tertiary/aromatic N) is 1. The van der Waals surface area contributed by atoms with Crippen molar-refractivity contribution < 1.29 is 9.53 Å². The molecular weight excluding hydrogens is 290 g/mol. The van der Waals surface area contributed by atoms with Crippen LogP contribution in [0.25, 0.3) is 11.3 Å². The summed E-state index contributed by atoms with van der Waals surface area (Å²) < 4.78 is 5.59. The molecule has 0 atom stereocenters. The number of halogens is 1.